The maximum atomic E-state index is 11.6. The highest BCUT2D eigenvalue weighted by atomic mass is 35.5. The van der Waals surface area contributed by atoms with E-state index in [2.05, 4.69) is 25.6 Å². The molecule has 1 amide bonds. The Morgan fingerprint density at radius 1 is 1.16 bits per heavy atom. The molecule has 1 aliphatic heterocycles. The summed E-state index contributed by atoms with van der Waals surface area (Å²) in [5.41, 5.74) is 3.01. The number of halogens is 1. The maximum absolute atomic E-state index is 11.6. The first kappa shape index (κ1) is 24.3. The van der Waals surface area contributed by atoms with E-state index in [9.17, 15) is 9.90 Å². The average molecular weight is 524 g/mol. The quantitative estimate of drug-likeness (QED) is 0.428. The molecule has 3 aliphatic carbocycles. The molecule has 10 heteroatoms. The number of aliphatic hydroxyl groups is 1. The van der Waals surface area contributed by atoms with Crippen LogP contribution in [0.15, 0.2) is 30.5 Å². The number of nitrogens with one attached hydrogen (secondary N) is 2. The van der Waals surface area contributed by atoms with Crippen LogP contribution in [0.2, 0.25) is 5.02 Å². The lowest BCUT2D eigenvalue weighted by Crippen LogP contribution is -2.57. The molecule has 7 rings (SSSR count). The van der Waals surface area contributed by atoms with Crippen LogP contribution >= 0.6 is 11.6 Å². The highest BCUT2D eigenvalue weighted by Gasteiger charge is 2.51. The first-order chi connectivity index (χ1) is 17.9. The molecule has 1 atom stereocenters. The summed E-state index contributed by atoms with van der Waals surface area (Å²) in [4.78, 5) is 25.2. The summed E-state index contributed by atoms with van der Waals surface area (Å²) in [5.74, 6) is 1.40. The first-order valence-electron chi connectivity index (χ1n) is 12.7. The van der Waals surface area contributed by atoms with Crippen molar-refractivity contribution in [2.24, 2.45) is 5.41 Å². The molecule has 37 heavy (non-hydrogen) atoms. The summed E-state index contributed by atoms with van der Waals surface area (Å²) in [5, 5.41) is 18.6. The Morgan fingerprint density at radius 3 is 2.70 bits per heavy atom. The van der Waals surface area contributed by atoms with Crippen LogP contribution in [0, 0.1) is 5.41 Å². The molecular formula is C27H30ClN5O4. The van der Waals surface area contributed by atoms with Crippen LogP contribution in [0.5, 0.6) is 11.6 Å². The van der Waals surface area contributed by atoms with E-state index in [1.807, 2.05) is 18.2 Å². The van der Waals surface area contributed by atoms with Gasteiger partial charge in [0.15, 0.2) is 18.2 Å². The number of aromatic nitrogens is 3. The van der Waals surface area contributed by atoms with Gasteiger partial charge in [0, 0.05) is 36.3 Å². The minimum Gasteiger partial charge on any atom is -0.481 e. The second-order valence-electron chi connectivity index (χ2n) is 10.5. The number of rotatable bonds is 7. The van der Waals surface area contributed by atoms with E-state index in [4.69, 9.17) is 21.1 Å². The molecule has 1 unspecified atom stereocenters. The third-order valence-electron chi connectivity index (χ3n) is 8.53. The molecule has 3 aromatic heterocycles. The largest absolute Gasteiger partial charge is 0.481 e. The number of hydrogen-bond acceptors (Lipinski definition) is 8. The maximum Gasteiger partial charge on any atom is 0.263 e. The number of carbonyl (C=O) groups excluding carboxylic acids is 1. The number of hydrogen-bond donors (Lipinski definition) is 3. The Balaban J connectivity index is 1.13. The summed E-state index contributed by atoms with van der Waals surface area (Å²) >= 11 is 6.55. The Morgan fingerprint density at radius 2 is 1.95 bits per heavy atom. The van der Waals surface area contributed by atoms with Gasteiger partial charge in [0.05, 0.1) is 35.0 Å². The lowest BCUT2D eigenvalue weighted by molar-refractivity contribution is -0.118. The Hall–Kier alpha value is -3.01. The van der Waals surface area contributed by atoms with Crippen molar-refractivity contribution < 1.29 is 19.4 Å². The van der Waals surface area contributed by atoms with Crippen molar-refractivity contribution in [3.05, 3.63) is 46.7 Å². The number of ether oxygens (including phenoxy) is 2. The first-order valence-corrected chi connectivity index (χ1v) is 13.1. The van der Waals surface area contributed by atoms with Crippen molar-refractivity contribution in [2.45, 2.75) is 63.1 Å². The van der Waals surface area contributed by atoms with Gasteiger partial charge in [0.1, 0.15) is 0 Å². The molecule has 9 nitrogen and oxygen atoms in total. The molecule has 4 aliphatic rings. The van der Waals surface area contributed by atoms with Crippen molar-refractivity contribution in [1.82, 2.24) is 20.3 Å². The van der Waals surface area contributed by atoms with Gasteiger partial charge in [-0.3, -0.25) is 9.78 Å². The third-order valence-corrected chi connectivity index (χ3v) is 8.86. The monoisotopic (exact) mass is 523 g/mol. The molecular weight excluding hydrogens is 494 g/mol. The summed E-state index contributed by atoms with van der Waals surface area (Å²) in [6.45, 7) is 0.641. The van der Waals surface area contributed by atoms with Crippen molar-refractivity contribution >= 4 is 34.4 Å². The number of amides is 1. The molecule has 0 saturated heterocycles. The number of pyridine rings is 3. The predicted molar refractivity (Wildman–Crippen MR) is 139 cm³/mol. The highest BCUT2D eigenvalue weighted by Crippen LogP contribution is 2.55. The Bertz CT molecular complexity index is 1340. The third kappa shape index (κ3) is 4.49. The molecule has 3 aromatic rings. The molecule has 0 radical (unpaired) electrons. The van der Waals surface area contributed by atoms with Crippen LogP contribution in [0.1, 0.15) is 49.8 Å². The van der Waals surface area contributed by atoms with Gasteiger partial charge < -0.3 is 25.2 Å². The summed E-state index contributed by atoms with van der Waals surface area (Å²) < 4.78 is 10.7. The Kier molecular flexibility index (Phi) is 6.17. The lowest BCUT2D eigenvalue weighted by atomic mass is 9.54. The molecule has 3 fully saturated rings. The van der Waals surface area contributed by atoms with Gasteiger partial charge in [-0.15, -0.1) is 0 Å². The second-order valence-corrected chi connectivity index (χ2v) is 10.9. The molecule has 194 valence electrons. The van der Waals surface area contributed by atoms with Crippen molar-refractivity contribution in [1.29, 1.82) is 0 Å². The van der Waals surface area contributed by atoms with Crippen LogP contribution in [-0.2, 0) is 17.8 Å². The summed E-state index contributed by atoms with van der Waals surface area (Å²) in [6, 6.07) is 7.44. The zero-order valence-electron chi connectivity index (χ0n) is 20.7. The van der Waals surface area contributed by atoms with E-state index >= 15 is 0 Å². The zero-order chi connectivity index (χ0) is 25.6. The van der Waals surface area contributed by atoms with Gasteiger partial charge in [-0.2, -0.15) is 0 Å². The number of methoxy groups -OCH3 is 1. The number of aliphatic hydroxyl groups excluding tert-OH is 1. The molecule has 2 bridgehead atoms. The van der Waals surface area contributed by atoms with E-state index in [1.54, 1.807) is 19.4 Å². The molecule has 4 heterocycles. The highest BCUT2D eigenvalue weighted by molar-refractivity contribution is 6.32. The van der Waals surface area contributed by atoms with E-state index in [1.165, 1.54) is 0 Å². The van der Waals surface area contributed by atoms with Crippen LogP contribution in [0.25, 0.3) is 11.0 Å². The normalized spacial score (nSPS) is 25.3. The van der Waals surface area contributed by atoms with E-state index in [0.717, 1.165) is 55.3 Å². The number of anilines is 1. The SMILES string of the molecule is COc1ccc2ncc(Cl)c(CC(O)C34CCC(NCc5ccc6c(n5)NC(=O)CO6)(CC3)CC4)c2n1. The minimum absolute atomic E-state index is 0.0251. The molecule has 3 N–H and O–H groups in total. The van der Waals surface area contributed by atoms with Gasteiger partial charge in [-0.05, 0) is 62.1 Å². The fourth-order valence-electron chi connectivity index (χ4n) is 6.16. The molecule has 3 saturated carbocycles. The molecule has 0 spiro atoms. The van der Waals surface area contributed by atoms with Crippen LogP contribution < -0.4 is 20.1 Å². The van der Waals surface area contributed by atoms with Crippen molar-refractivity contribution in [2.75, 3.05) is 19.0 Å². The second kappa shape index (κ2) is 9.38. The number of fused-ring (bicyclic) bond motifs is 5. The summed E-state index contributed by atoms with van der Waals surface area (Å²) in [7, 11) is 1.58. The number of nitrogens with zero attached hydrogens (tertiary/aromatic N) is 3. The lowest BCUT2D eigenvalue weighted by Gasteiger charge is -2.55. The minimum atomic E-state index is -0.521. The summed E-state index contributed by atoms with van der Waals surface area (Å²) in [6.07, 6.45) is 7.36. The van der Waals surface area contributed by atoms with Gasteiger partial charge >= 0.3 is 0 Å². The topological polar surface area (TPSA) is 118 Å². The fourth-order valence-corrected chi connectivity index (χ4v) is 6.37. The van der Waals surface area contributed by atoms with Crippen LogP contribution in [0.3, 0.4) is 0 Å². The predicted octanol–water partition coefficient (Wildman–Crippen LogP) is 3.80. The standard InChI is InChI=1S/C27H30ClN5O4/c1-36-23-5-3-19-24(33-23)17(18(28)14-29-19)12-21(34)26-6-9-27(10-7-26,11-8-26)30-13-16-2-4-20-25(31-16)32-22(35)15-37-20/h2-5,14,21,30,34H,6-13,15H2,1H3,(H,31,32,35). The van der Waals surface area contributed by atoms with Crippen molar-refractivity contribution in [3.63, 3.8) is 0 Å². The van der Waals surface area contributed by atoms with Crippen LogP contribution in [-0.4, -0.2) is 51.3 Å². The average Bonchev–Trinajstić information content (AvgIpc) is 2.94. The van der Waals surface area contributed by atoms with Gasteiger partial charge in [0.25, 0.3) is 5.91 Å². The van der Waals surface area contributed by atoms with E-state index < -0.39 is 6.10 Å². The van der Waals surface area contributed by atoms with E-state index in [-0.39, 0.29) is 23.5 Å². The van der Waals surface area contributed by atoms with Gasteiger partial charge in [-0.1, -0.05) is 11.6 Å². The number of carbonyl (C=O) groups is 1. The van der Waals surface area contributed by atoms with Crippen molar-refractivity contribution in [3.8, 4) is 11.6 Å². The van der Waals surface area contributed by atoms with E-state index in [0.29, 0.717) is 41.0 Å². The fraction of sp³-hybridized carbons (Fsp3) is 0.481. The van der Waals surface area contributed by atoms with Gasteiger partial charge in [-0.25, -0.2) is 9.97 Å². The smallest absolute Gasteiger partial charge is 0.263 e. The van der Waals surface area contributed by atoms with Gasteiger partial charge in [0.2, 0.25) is 5.88 Å². The van der Waals surface area contributed by atoms with Crippen LogP contribution in [0.4, 0.5) is 5.82 Å². The zero-order valence-corrected chi connectivity index (χ0v) is 21.5. The molecule has 0 aromatic carbocycles. The Labute approximate surface area is 220 Å².